The largest absolute Gasteiger partial charge is 0.508 e. The second kappa shape index (κ2) is 11.7. The molecule has 3 amide bonds. The zero-order valence-electron chi connectivity index (χ0n) is 19.1. The fourth-order valence-electron chi connectivity index (χ4n) is 2.70. The van der Waals surface area contributed by atoms with E-state index in [0.29, 0.717) is 11.1 Å². The van der Waals surface area contributed by atoms with Crippen LogP contribution in [0.2, 0.25) is 0 Å². The number of esters is 1. The van der Waals surface area contributed by atoms with Crippen LogP contribution in [-0.2, 0) is 23.9 Å². The molecule has 0 fully saturated rings. The lowest BCUT2D eigenvalue weighted by Gasteiger charge is -2.31. The maximum atomic E-state index is 13.0. The molecule has 0 heterocycles. The molecule has 0 aliphatic heterocycles. The maximum Gasteiger partial charge on any atom is 0.408 e. The molecule has 0 radical (unpaired) electrons. The molecular weight excluding hydrogens is 418 g/mol. The molecule has 32 heavy (non-hydrogen) atoms. The van der Waals surface area contributed by atoms with Gasteiger partial charge in [0.05, 0.1) is 7.11 Å². The van der Waals surface area contributed by atoms with Crippen LogP contribution in [-0.4, -0.2) is 66.2 Å². The van der Waals surface area contributed by atoms with E-state index in [9.17, 15) is 24.3 Å². The molecule has 0 aliphatic rings. The van der Waals surface area contributed by atoms with Crippen molar-refractivity contribution in [3.8, 4) is 5.75 Å². The second-order valence-electron chi connectivity index (χ2n) is 7.93. The molecule has 176 valence electrons. The van der Waals surface area contributed by atoms with Gasteiger partial charge in [0.1, 0.15) is 30.5 Å². The van der Waals surface area contributed by atoms with Gasteiger partial charge in [-0.05, 0) is 51.0 Å². The minimum atomic E-state index is -1.16. The topological polar surface area (TPSA) is 134 Å². The molecule has 1 atom stereocenters. The van der Waals surface area contributed by atoms with Crippen molar-refractivity contribution in [1.29, 1.82) is 0 Å². The van der Waals surface area contributed by atoms with E-state index in [4.69, 9.17) is 4.74 Å². The van der Waals surface area contributed by atoms with Gasteiger partial charge in [-0.1, -0.05) is 12.1 Å². The Kier molecular flexibility index (Phi) is 9.70. The lowest BCUT2D eigenvalue weighted by molar-refractivity contribution is -0.143. The van der Waals surface area contributed by atoms with Crippen molar-refractivity contribution in [2.24, 2.45) is 0 Å². The molecule has 10 nitrogen and oxygen atoms in total. The number of hydrogen-bond acceptors (Lipinski definition) is 7. The summed E-state index contributed by atoms with van der Waals surface area (Å²) in [5.74, 6) is -1.87. The molecule has 0 bridgehead atoms. The van der Waals surface area contributed by atoms with Crippen LogP contribution < -0.4 is 10.6 Å². The summed E-state index contributed by atoms with van der Waals surface area (Å²) in [6.45, 7) is 9.49. The first-order chi connectivity index (χ1) is 14.9. The molecule has 1 rings (SSSR count). The third-order valence-corrected chi connectivity index (χ3v) is 4.16. The SMILES string of the molecule is C=CCN(C(=O)CNC(=O)OC(C)(C)C)C(C(=O)NCC(=O)OC)c1ccc(O)c(C)c1. The van der Waals surface area contributed by atoms with Crippen LogP contribution in [0.25, 0.3) is 0 Å². The predicted molar refractivity (Wildman–Crippen MR) is 117 cm³/mol. The molecule has 1 aromatic rings. The Labute approximate surface area is 187 Å². The van der Waals surface area contributed by atoms with Crippen LogP contribution in [0, 0.1) is 6.92 Å². The summed E-state index contributed by atoms with van der Waals surface area (Å²) >= 11 is 0. The fourth-order valence-corrected chi connectivity index (χ4v) is 2.70. The number of aryl methyl sites for hydroxylation is 1. The highest BCUT2D eigenvalue weighted by atomic mass is 16.6. The van der Waals surface area contributed by atoms with Crippen molar-refractivity contribution >= 4 is 23.9 Å². The van der Waals surface area contributed by atoms with Crippen LogP contribution in [0.3, 0.4) is 0 Å². The van der Waals surface area contributed by atoms with Crippen LogP contribution in [0.15, 0.2) is 30.9 Å². The Balaban J connectivity index is 3.19. The summed E-state index contributed by atoms with van der Waals surface area (Å²) in [4.78, 5) is 50.5. The van der Waals surface area contributed by atoms with E-state index < -0.39 is 48.6 Å². The van der Waals surface area contributed by atoms with Gasteiger partial charge < -0.3 is 30.1 Å². The van der Waals surface area contributed by atoms with Crippen LogP contribution in [0.1, 0.15) is 37.9 Å². The minimum Gasteiger partial charge on any atom is -0.508 e. The molecule has 0 aliphatic carbocycles. The number of carbonyl (C=O) groups is 4. The van der Waals surface area contributed by atoms with Crippen LogP contribution >= 0.6 is 0 Å². The number of amides is 3. The quantitative estimate of drug-likeness (QED) is 0.385. The molecular formula is C22H31N3O7. The molecule has 1 unspecified atom stereocenters. The van der Waals surface area contributed by atoms with E-state index in [-0.39, 0.29) is 12.3 Å². The van der Waals surface area contributed by atoms with Gasteiger partial charge in [-0.25, -0.2) is 4.79 Å². The molecule has 0 saturated heterocycles. The number of rotatable bonds is 9. The normalized spacial score (nSPS) is 11.7. The highest BCUT2D eigenvalue weighted by Gasteiger charge is 2.31. The smallest absolute Gasteiger partial charge is 0.408 e. The number of ether oxygens (including phenoxy) is 2. The third-order valence-electron chi connectivity index (χ3n) is 4.16. The average molecular weight is 450 g/mol. The number of phenolic OH excluding ortho intramolecular Hbond substituents is 1. The number of hydrogen-bond donors (Lipinski definition) is 3. The number of alkyl carbamates (subject to hydrolysis) is 1. The summed E-state index contributed by atoms with van der Waals surface area (Å²) in [5, 5.41) is 14.7. The van der Waals surface area contributed by atoms with Crippen molar-refractivity contribution in [2.75, 3.05) is 26.7 Å². The third kappa shape index (κ3) is 8.29. The van der Waals surface area contributed by atoms with Gasteiger partial charge in [-0.3, -0.25) is 14.4 Å². The zero-order chi connectivity index (χ0) is 24.5. The number of benzene rings is 1. The molecule has 3 N–H and O–H groups in total. The first-order valence-corrected chi connectivity index (χ1v) is 9.90. The van der Waals surface area contributed by atoms with Gasteiger partial charge in [0.25, 0.3) is 0 Å². The van der Waals surface area contributed by atoms with E-state index in [1.807, 2.05) is 0 Å². The number of nitrogens with zero attached hydrogens (tertiary/aromatic N) is 1. The zero-order valence-corrected chi connectivity index (χ0v) is 19.1. The van der Waals surface area contributed by atoms with Crippen LogP contribution in [0.5, 0.6) is 5.75 Å². The highest BCUT2D eigenvalue weighted by Crippen LogP contribution is 2.26. The van der Waals surface area contributed by atoms with Crippen LogP contribution in [0.4, 0.5) is 4.79 Å². The average Bonchev–Trinajstić information content (AvgIpc) is 2.71. The summed E-state index contributed by atoms with van der Waals surface area (Å²) in [5.41, 5.74) is 0.148. The van der Waals surface area contributed by atoms with E-state index >= 15 is 0 Å². The first-order valence-electron chi connectivity index (χ1n) is 9.90. The predicted octanol–water partition coefficient (Wildman–Crippen LogP) is 1.57. The van der Waals surface area contributed by atoms with Gasteiger partial charge in [0.15, 0.2) is 0 Å². The minimum absolute atomic E-state index is 0.0228. The van der Waals surface area contributed by atoms with Gasteiger partial charge in [-0.15, -0.1) is 6.58 Å². The van der Waals surface area contributed by atoms with Crippen molar-refractivity contribution in [1.82, 2.24) is 15.5 Å². The Morgan fingerprint density at radius 1 is 1.19 bits per heavy atom. The lowest BCUT2D eigenvalue weighted by Crippen LogP contribution is -2.48. The van der Waals surface area contributed by atoms with Crippen molar-refractivity contribution < 1.29 is 33.8 Å². The van der Waals surface area contributed by atoms with E-state index in [2.05, 4.69) is 21.9 Å². The lowest BCUT2D eigenvalue weighted by atomic mass is 10.0. The number of carbonyl (C=O) groups excluding carboxylic acids is 4. The van der Waals surface area contributed by atoms with Crippen molar-refractivity contribution in [2.45, 2.75) is 39.3 Å². The summed E-state index contributed by atoms with van der Waals surface area (Å²) in [7, 11) is 1.19. The molecule has 10 heteroatoms. The van der Waals surface area contributed by atoms with Gasteiger partial charge in [-0.2, -0.15) is 0 Å². The molecule has 0 spiro atoms. The van der Waals surface area contributed by atoms with E-state index in [1.165, 1.54) is 30.2 Å². The van der Waals surface area contributed by atoms with E-state index in [0.717, 1.165) is 0 Å². The number of aromatic hydroxyl groups is 1. The van der Waals surface area contributed by atoms with Gasteiger partial charge in [0, 0.05) is 6.54 Å². The second-order valence-corrected chi connectivity index (χ2v) is 7.93. The summed E-state index contributed by atoms with van der Waals surface area (Å²) < 4.78 is 9.66. The van der Waals surface area contributed by atoms with Gasteiger partial charge in [0.2, 0.25) is 11.8 Å². The Hall–Kier alpha value is -3.56. The fraction of sp³-hybridized carbons (Fsp3) is 0.455. The number of phenols is 1. The molecule has 0 aromatic heterocycles. The summed E-state index contributed by atoms with van der Waals surface area (Å²) in [6, 6.07) is 3.29. The maximum absolute atomic E-state index is 13.0. The molecule has 0 saturated carbocycles. The monoisotopic (exact) mass is 449 g/mol. The highest BCUT2D eigenvalue weighted by molar-refractivity contribution is 5.92. The summed E-state index contributed by atoms with van der Waals surface area (Å²) in [6.07, 6.45) is 0.649. The number of methoxy groups -OCH3 is 1. The standard InChI is InChI=1S/C22H31N3O7/c1-7-10-25(17(27)12-24-21(30)32-22(3,4)5)19(20(29)23-13-18(28)31-6)15-8-9-16(26)14(2)11-15/h7-9,11,19,26H,1,10,12-13H2,2-6H3,(H,23,29)(H,24,30). The van der Waals surface area contributed by atoms with Gasteiger partial charge >= 0.3 is 12.1 Å². The Morgan fingerprint density at radius 2 is 1.84 bits per heavy atom. The van der Waals surface area contributed by atoms with E-state index in [1.54, 1.807) is 33.8 Å². The Morgan fingerprint density at radius 3 is 2.38 bits per heavy atom. The van der Waals surface area contributed by atoms with Crippen molar-refractivity contribution in [3.63, 3.8) is 0 Å². The molecule has 1 aromatic carbocycles. The van der Waals surface area contributed by atoms with Crippen molar-refractivity contribution in [3.05, 3.63) is 42.0 Å². The first kappa shape index (κ1) is 26.5. The number of nitrogens with one attached hydrogen (secondary N) is 2. The Bertz CT molecular complexity index is 862.